The van der Waals surface area contributed by atoms with E-state index in [1.807, 2.05) is 0 Å². The highest BCUT2D eigenvalue weighted by Crippen LogP contribution is 2.20. The Labute approximate surface area is 142 Å². The molecule has 0 rings (SSSR count). The van der Waals surface area contributed by atoms with E-state index < -0.39 is 0 Å². The van der Waals surface area contributed by atoms with Crippen LogP contribution in [0, 0.1) is 5.92 Å². The molecule has 0 saturated heterocycles. The molecule has 0 saturated carbocycles. The molecule has 0 heterocycles. The largest absolute Gasteiger partial charge is 0.103 e. The Morgan fingerprint density at radius 2 is 1.05 bits per heavy atom. The molecule has 1 unspecified atom stereocenters. The minimum Gasteiger partial charge on any atom is -0.103 e. The fraction of sp³-hybridized carbons (Fsp3) is 0.909. The third-order valence-corrected chi connectivity index (χ3v) is 4.91. The zero-order chi connectivity index (χ0) is 16.3. The van der Waals surface area contributed by atoms with Crippen molar-refractivity contribution in [3.8, 4) is 0 Å². The maximum absolute atomic E-state index is 3.90. The van der Waals surface area contributed by atoms with Crippen LogP contribution in [0.2, 0.25) is 0 Å². The highest BCUT2D eigenvalue weighted by atomic mass is 14.1. The second-order valence-electron chi connectivity index (χ2n) is 7.21. The summed E-state index contributed by atoms with van der Waals surface area (Å²) in [7, 11) is 0. The molecule has 0 nitrogen and oxygen atoms in total. The van der Waals surface area contributed by atoms with E-state index in [0.29, 0.717) is 0 Å². The van der Waals surface area contributed by atoms with Gasteiger partial charge in [0.1, 0.15) is 0 Å². The number of allylic oxidation sites excluding steroid dienone is 1. The predicted molar refractivity (Wildman–Crippen MR) is 104 cm³/mol. The molecule has 132 valence electrons. The van der Waals surface area contributed by atoms with Crippen LogP contribution < -0.4 is 0 Å². The topological polar surface area (TPSA) is 0 Å². The summed E-state index contributed by atoms with van der Waals surface area (Å²) in [6.07, 6.45) is 26.4. The maximum Gasteiger partial charge on any atom is -0.0325 e. The average molecular weight is 309 g/mol. The van der Waals surface area contributed by atoms with Gasteiger partial charge in [0.15, 0.2) is 0 Å². The SMILES string of the molecule is C=CCC(CCC)CCCCCCCCCCCCCCC. The van der Waals surface area contributed by atoms with Crippen LogP contribution in [-0.2, 0) is 0 Å². The van der Waals surface area contributed by atoms with Crippen LogP contribution in [0.1, 0.15) is 123 Å². The first kappa shape index (κ1) is 21.7. The standard InChI is InChI=1S/C22H44/c1-4-7-8-9-10-11-12-13-14-15-16-17-18-21-22(19-5-2)20-6-3/h5,22H,2,4,6-21H2,1,3H3. The molecule has 0 bridgehead atoms. The minimum atomic E-state index is 0.912. The van der Waals surface area contributed by atoms with Gasteiger partial charge in [-0.2, -0.15) is 0 Å². The van der Waals surface area contributed by atoms with E-state index in [0.717, 1.165) is 5.92 Å². The Morgan fingerprint density at radius 1 is 0.591 bits per heavy atom. The lowest BCUT2D eigenvalue weighted by molar-refractivity contribution is 0.422. The van der Waals surface area contributed by atoms with E-state index in [1.54, 1.807) is 0 Å². The molecule has 1 atom stereocenters. The molecule has 0 aromatic rings. The van der Waals surface area contributed by atoms with Crippen molar-refractivity contribution in [1.82, 2.24) is 0 Å². The minimum absolute atomic E-state index is 0.912. The summed E-state index contributed by atoms with van der Waals surface area (Å²) >= 11 is 0. The third-order valence-electron chi connectivity index (χ3n) is 4.91. The van der Waals surface area contributed by atoms with Crippen LogP contribution in [0.15, 0.2) is 12.7 Å². The van der Waals surface area contributed by atoms with Gasteiger partial charge in [-0.1, -0.05) is 123 Å². The van der Waals surface area contributed by atoms with Crippen LogP contribution in [0.25, 0.3) is 0 Å². The molecule has 0 aliphatic carbocycles. The zero-order valence-electron chi connectivity index (χ0n) is 15.9. The molecule has 0 amide bonds. The number of unbranched alkanes of at least 4 members (excludes halogenated alkanes) is 12. The van der Waals surface area contributed by atoms with Crippen molar-refractivity contribution in [3.05, 3.63) is 12.7 Å². The lowest BCUT2D eigenvalue weighted by Crippen LogP contribution is -1.98. The molecule has 0 radical (unpaired) electrons. The van der Waals surface area contributed by atoms with Crippen molar-refractivity contribution in [1.29, 1.82) is 0 Å². The van der Waals surface area contributed by atoms with E-state index in [4.69, 9.17) is 0 Å². The van der Waals surface area contributed by atoms with Gasteiger partial charge in [-0.3, -0.25) is 0 Å². The van der Waals surface area contributed by atoms with Crippen molar-refractivity contribution in [2.24, 2.45) is 5.92 Å². The van der Waals surface area contributed by atoms with Gasteiger partial charge >= 0.3 is 0 Å². The summed E-state index contributed by atoms with van der Waals surface area (Å²) in [4.78, 5) is 0. The Balaban J connectivity index is 3.17. The second kappa shape index (κ2) is 18.8. The number of hydrogen-bond donors (Lipinski definition) is 0. The first-order valence-electron chi connectivity index (χ1n) is 10.5. The quantitative estimate of drug-likeness (QED) is 0.176. The van der Waals surface area contributed by atoms with Crippen molar-refractivity contribution < 1.29 is 0 Å². The number of rotatable bonds is 18. The van der Waals surface area contributed by atoms with Gasteiger partial charge in [-0.25, -0.2) is 0 Å². The summed E-state index contributed by atoms with van der Waals surface area (Å²) < 4.78 is 0. The van der Waals surface area contributed by atoms with Crippen LogP contribution >= 0.6 is 0 Å². The Hall–Kier alpha value is -0.260. The van der Waals surface area contributed by atoms with Crippen molar-refractivity contribution in [3.63, 3.8) is 0 Å². The molecule has 22 heavy (non-hydrogen) atoms. The molecular formula is C22H44. The van der Waals surface area contributed by atoms with E-state index >= 15 is 0 Å². The van der Waals surface area contributed by atoms with Gasteiger partial charge in [-0.05, 0) is 12.3 Å². The molecule has 0 spiro atoms. The molecular weight excluding hydrogens is 264 g/mol. The molecule has 0 aliphatic heterocycles. The lowest BCUT2D eigenvalue weighted by Gasteiger charge is -2.13. The molecule has 0 aromatic heterocycles. The van der Waals surface area contributed by atoms with Crippen LogP contribution in [0.4, 0.5) is 0 Å². The fourth-order valence-corrected chi connectivity index (χ4v) is 3.47. The number of hydrogen-bond acceptors (Lipinski definition) is 0. The monoisotopic (exact) mass is 308 g/mol. The molecule has 0 heteroatoms. The summed E-state index contributed by atoms with van der Waals surface area (Å²) in [5.74, 6) is 0.912. The zero-order valence-corrected chi connectivity index (χ0v) is 15.9. The van der Waals surface area contributed by atoms with Crippen molar-refractivity contribution in [2.45, 2.75) is 123 Å². The van der Waals surface area contributed by atoms with Gasteiger partial charge in [0, 0.05) is 0 Å². The third kappa shape index (κ3) is 16.1. The van der Waals surface area contributed by atoms with Gasteiger partial charge in [0.2, 0.25) is 0 Å². The molecule has 0 aromatic carbocycles. The van der Waals surface area contributed by atoms with Crippen molar-refractivity contribution in [2.75, 3.05) is 0 Å². The van der Waals surface area contributed by atoms with E-state index in [2.05, 4.69) is 26.5 Å². The Kier molecular flexibility index (Phi) is 18.6. The molecule has 0 fully saturated rings. The normalized spacial score (nSPS) is 12.5. The van der Waals surface area contributed by atoms with Crippen LogP contribution in [0.5, 0.6) is 0 Å². The van der Waals surface area contributed by atoms with E-state index in [1.165, 1.54) is 109 Å². The average Bonchev–Trinajstić information content (AvgIpc) is 2.52. The Morgan fingerprint density at radius 3 is 1.45 bits per heavy atom. The van der Waals surface area contributed by atoms with Gasteiger partial charge in [0.25, 0.3) is 0 Å². The van der Waals surface area contributed by atoms with Crippen LogP contribution in [0.3, 0.4) is 0 Å². The predicted octanol–water partition coefficient (Wildman–Crippen LogP) is 8.46. The summed E-state index contributed by atoms with van der Waals surface area (Å²) in [6.45, 7) is 8.50. The summed E-state index contributed by atoms with van der Waals surface area (Å²) in [5, 5.41) is 0. The Bertz CT molecular complexity index is 206. The van der Waals surface area contributed by atoms with E-state index in [9.17, 15) is 0 Å². The van der Waals surface area contributed by atoms with Gasteiger partial charge in [-0.15, -0.1) is 6.58 Å². The first-order chi connectivity index (χ1) is 10.8. The maximum atomic E-state index is 3.90. The van der Waals surface area contributed by atoms with Gasteiger partial charge < -0.3 is 0 Å². The van der Waals surface area contributed by atoms with Gasteiger partial charge in [0.05, 0.1) is 0 Å². The fourth-order valence-electron chi connectivity index (χ4n) is 3.47. The second-order valence-corrected chi connectivity index (χ2v) is 7.21. The first-order valence-corrected chi connectivity index (χ1v) is 10.5. The highest BCUT2D eigenvalue weighted by Gasteiger charge is 2.05. The lowest BCUT2D eigenvalue weighted by atomic mass is 9.93. The smallest absolute Gasteiger partial charge is 0.0325 e. The van der Waals surface area contributed by atoms with Crippen molar-refractivity contribution >= 4 is 0 Å². The summed E-state index contributed by atoms with van der Waals surface area (Å²) in [6, 6.07) is 0. The van der Waals surface area contributed by atoms with Crippen LogP contribution in [-0.4, -0.2) is 0 Å². The molecule has 0 N–H and O–H groups in total. The molecule has 0 aliphatic rings. The van der Waals surface area contributed by atoms with E-state index in [-0.39, 0.29) is 0 Å². The highest BCUT2D eigenvalue weighted by molar-refractivity contribution is 4.73. The summed E-state index contributed by atoms with van der Waals surface area (Å²) in [5.41, 5.74) is 0.